The molecule has 1 N–H and O–H groups in total. The van der Waals surface area contributed by atoms with E-state index >= 15 is 0 Å². The second-order valence-corrected chi connectivity index (χ2v) is 5.76. The molecule has 2 atom stereocenters. The number of pyridine rings is 1. The van der Waals surface area contributed by atoms with Crippen molar-refractivity contribution in [1.82, 2.24) is 4.98 Å². The molecule has 1 heterocycles. The first-order chi connectivity index (χ1) is 8.58. The van der Waals surface area contributed by atoms with E-state index in [0.717, 1.165) is 16.5 Å². The highest BCUT2D eigenvalue weighted by atomic mass is 32.2. The van der Waals surface area contributed by atoms with E-state index in [1.807, 2.05) is 13.0 Å². The highest BCUT2D eigenvalue weighted by Crippen LogP contribution is 2.25. The SMILES string of the molecule is CC(O)C(C)SCc1cc(F)cc2cccnc12. The molecule has 0 aliphatic carbocycles. The number of fused-ring (bicyclic) bond motifs is 1. The van der Waals surface area contributed by atoms with Crippen molar-refractivity contribution >= 4 is 22.7 Å². The summed E-state index contributed by atoms with van der Waals surface area (Å²) in [4.78, 5) is 4.30. The van der Waals surface area contributed by atoms with E-state index in [4.69, 9.17) is 0 Å². The molecule has 0 fully saturated rings. The molecular weight excluding hydrogens is 249 g/mol. The molecule has 18 heavy (non-hydrogen) atoms. The van der Waals surface area contributed by atoms with Crippen molar-refractivity contribution in [2.45, 2.75) is 31.0 Å². The molecule has 1 aromatic heterocycles. The maximum atomic E-state index is 13.5. The van der Waals surface area contributed by atoms with E-state index in [2.05, 4.69) is 4.98 Å². The molecule has 2 unspecified atom stereocenters. The van der Waals surface area contributed by atoms with Crippen LogP contribution in [-0.4, -0.2) is 21.4 Å². The Kier molecular flexibility index (Phi) is 4.19. The topological polar surface area (TPSA) is 33.1 Å². The van der Waals surface area contributed by atoms with Gasteiger partial charge in [0.2, 0.25) is 0 Å². The summed E-state index contributed by atoms with van der Waals surface area (Å²) >= 11 is 1.60. The number of aliphatic hydroxyl groups excluding tert-OH is 1. The Bertz CT molecular complexity index is 544. The average molecular weight is 265 g/mol. The minimum absolute atomic E-state index is 0.118. The quantitative estimate of drug-likeness (QED) is 0.920. The van der Waals surface area contributed by atoms with Crippen molar-refractivity contribution in [3.63, 3.8) is 0 Å². The maximum absolute atomic E-state index is 13.5. The first-order valence-corrected chi connectivity index (χ1v) is 6.95. The molecule has 0 bridgehead atoms. The van der Waals surface area contributed by atoms with Crippen molar-refractivity contribution < 1.29 is 9.50 Å². The van der Waals surface area contributed by atoms with Gasteiger partial charge in [-0.15, -0.1) is 0 Å². The maximum Gasteiger partial charge on any atom is 0.124 e. The predicted molar refractivity (Wildman–Crippen MR) is 74.1 cm³/mol. The Balaban J connectivity index is 2.27. The summed E-state index contributed by atoms with van der Waals surface area (Å²) in [6.45, 7) is 3.73. The first-order valence-electron chi connectivity index (χ1n) is 5.90. The number of halogens is 1. The van der Waals surface area contributed by atoms with Gasteiger partial charge in [0.05, 0.1) is 11.6 Å². The molecule has 0 saturated heterocycles. The molecule has 0 amide bonds. The smallest absolute Gasteiger partial charge is 0.124 e. The van der Waals surface area contributed by atoms with Crippen molar-refractivity contribution in [2.75, 3.05) is 0 Å². The van der Waals surface area contributed by atoms with Gasteiger partial charge < -0.3 is 5.11 Å². The van der Waals surface area contributed by atoms with Crippen LogP contribution in [0.25, 0.3) is 10.9 Å². The molecule has 2 rings (SSSR count). The first kappa shape index (κ1) is 13.3. The summed E-state index contributed by atoms with van der Waals surface area (Å²) in [6.07, 6.45) is 1.34. The predicted octanol–water partition coefficient (Wildman–Crippen LogP) is 3.38. The van der Waals surface area contributed by atoms with Gasteiger partial charge in [0, 0.05) is 22.6 Å². The van der Waals surface area contributed by atoms with Gasteiger partial charge in [-0.2, -0.15) is 11.8 Å². The Morgan fingerprint density at radius 3 is 2.89 bits per heavy atom. The van der Waals surface area contributed by atoms with Gasteiger partial charge in [0.1, 0.15) is 5.82 Å². The fraction of sp³-hybridized carbons (Fsp3) is 0.357. The van der Waals surface area contributed by atoms with Crippen LogP contribution in [-0.2, 0) is 5.75 Å². The fourth-order valence-corrected chi connectivity index (χ4v) is 2.64. The second-order valence-electron chi connectivity index (χ2n) is 4.40. The number of benzene rings is 1. The van der Waals surface area contributed by atoms with Crippen LogP contribution in [0.3, 0.4) is 0 Å². The van der Waals surface area contributed by atoms with E-state index in [-0.39, 0.29) is 17.2 Å². The van der Waals surface area contributed by atoms with E-state index in [1.165, 1.54) is 12.1 Å². The molecule has 0 spiro atoms. The normalized spacial score (nSPS) is 14.7. The van der Waals surface area contributed by atoms with Crippen LogP contribution in [0.5, 0.6) is 0 Å². The van der Waals surface area contributed by atoms with Crippen LogP contribution >= 0.6 is 11.8 Å². The van der Waals surface area contributed by atoms with Crippen LogP contribution in [0.2, 0.25) is 0 Å². The summed E-state index contributed by atoms with van der Waals surface area (Å²) in [5, 5.41) is 10.4. The van der Waals surface area contributed by atoms with Crippen LogP contribution in [0.4, 0.5) is 4.39 Å². The van der Waals surface area contributed by atoms with Gasteiger partial charge in [0.25, 0.3) is 0 Å². The highest BCUT2D eigenvalue weighted by molar-refractivity contribution is 7.99. The molecule has 1 aromatic carbocycles. The van der Waals surface area contributed by atoms with Gasteiger partial charge in [0.15, 0.2) is 0 Å². The zero-order valence-corrected chi connectivity index (χ0v) is 11.2. The van der Waals surface area contributed by atoms with Gasteiger partial charge >= 0.3 is 0 Å². The summed E-state index contributed by atoms with van der Waals surface area (Å²) < 4.78 is 13.5. The lowest BCUT2D eigenvalue weighted by Crippen LogP contribution is -2.15. The summed E-state index contributed by atoms with van der Waals surface area (Å²) in [5.74, 6) is 0.410. The number of nitrogens with zero attached hydrogens (tertiary/aromatic N) is 1. The molecule has 0 aliphatic heterocycles. The Hall–Kier alpha value is -1.13. The lowest BCUT2D eigenvalue weighted by Gasteiger charge is -2.14. The lowest BCUT2D eigenvalue weighted by atomic mass is 10.1. The zero-order valence-electron chi connectivity index (χ0n) is 10.4. The molecule has 0 radical (unpaired) electrons. The van der Waals surface area contributed by atoms with Crippen molar-refractivity contribution in [2.24, 2.45) is 0 Å². The molecular formula is C14H16FNOS. The van der Waals surface area contributed by atoms with Crippen LogP contribution < -0.4 is 0 Å². The van der Waals surface area contributed by atoms with Gasteiger partial charge in [-0.3, -0.25) is 4.98 Å². The number of rotatable bonds is 4. The molecule has 4 heteroatoms. The second kappa shape index (κ2) is 5.67. The Morgan fingerprint density at radius 2 is 2.17 bits per heavy atom. The molecule has 0 aliphatic rings. The fourth-order valence-electron chi connectivity index (χ4n) is 1.70. The number of aromatic nitrogens is 1. The third-order valence-corrected chi connectivity index (χ3v) is 4.33. The number of aliphatic hydroxyl groups is 1. The highest BCUT2D eigenvalue weighted by Gasteiger charge is 2.11. The molecule has 2 aromatic rings. The third kappa shape index (κ3) is 3.00. The van der Waals surface area contributed by atoms with Crippen LogP contribution in [0.15, 0.2) is 30.5 Å². The van der Waals surface area contributed by atoms with E-state index in [1.54, 1.807) is 30.9 Å². The van der Waals surface area contributed by atoms with Gasteiger partial charge in [-0.25, -0.2) is 4.39 Å². The monoisotopic (exact) mass is 265 g/mol. The van der Waals surface area contributed by atoms with Crippen molar-refractivity contribution in [3.05, 3.63) is 41.8 Å². The summed E-state index contributed by atoms with van der Waals surface area (Å²) in [5.41, 5.74) is 1.72. The average Bonchev–Trinajstić information content (AvgIpc) is 2.35. The van der Waals surface area contributed by atoms with Crippen LogP contribution in [0, 0.1) is 5.82 Å². The third-order valence-electron chi connectivity index (χ3n) is 2.93. The number of hydrogen-bond acceptors (Lipinski definition) is 3. The molecule has 96 valence electrons. The number of thioether (sulfide) groups is 1. The van der Waals surface area contributed by atoms with E-state index in [9.17, 15) is 9.50 Å². The number of hydrogen-bond donors (Lipinski definition) is 1. The van der Waals surface area contributed by atoms with E-state index in [0.29, 0.717) is 5.75 Å². The minimum atomic E-state index is -0.372. The Morgan fingerprint density at radius 1 is 1.39 bits per heavy atom. The van der Waals surface area contributed by atoms with Gasteiger partial charge in [-0.1, -0.05) is 13.0 Å². The summed E-state index contributed by atoms with van der Waals surface area (Å²) in [7, 11) is 0. The van der Waals surface area contributed by atoms with Crippen LogP contribution in [0.1, 0.15) is 19.4 Å². The molecule has 0 saturated carbocycles. The largest absolute Gasteiger partial charge is 0.392 e. The van der Waals surface area contributed by atoms with Gasteiger partial charge in [-0.05, 0) is 30.7 Å². The standard InChI is InChI=1S/C14H16FNOS/c1-9(17)10(2)18-8-12-7-13(15)6-11-4-3-5-16-14(11)12/h3-7,9-10,17H,8H2,1-2H3. The summed E-state index contributed by atoms with van der Waals surface area (Å²) in [6, 6.07) is 6.68. The van der Waals surface area contributed by atoms with Crippen molar-refractivity contribution in [1.29, 1.82) is 0 Å². The minimum Gasteiger partial charge on any atom is -0.392 e. The van der Waals surface area contributed by atoms with E-state index < -0.39 is 0 Å². The zero-order chi connectivity index (χ0) is 13.1. The van der Waals surface area contributed by atoms with Crippen molar-refractivity contribution in [3.8, 4) is 0 Å². The lowest BCUT2D eigenvalue weighted by molar-refractivity contribution is 0.196. The Labute approximate surface area is 110 Å². The molecule has 2 nitrogen and oxygen atoms in total.